The molecule has 0 spiro atoms. The Morgan fingerprint density at radius 2 is 1.03 bits per heavy atom. The highest BCUT2D eigenvalue weighted by Gasteiger charge is 2.34. The molecule has 1 atom stereocenters. The number of carboxylic acids is 1. The van der Waals surface area contributed by atoms with Crippen molar-refractivity contribution in [3.63, 3.8) is 0 Å². The van der Waals surface area contributed by atoms with Crippen molar-refractivity contribution in [1.82, 2.24) is 0 Å². The van der Waals surface area contributed by atoms with Gasteiger partial charge < -0.3 is 9.90 Å². The number of carbonyl (C=O) groups excluding carboxylic acids is 1. The van der Waals surface area contributed by atoms with Crippen molar-refractivity contribution in [1.29, 1.82) is 0 Å². The molecule has 0 bridgehead atoms. The molecule has 176 valence electrons. The quantitative estimate of drug-likeness (QED) is 0.154. The Hall–Kier alpha value is -0.100. The molecule has 0 aromatic heterocycles. The smallest absolute Gasteiger partial charge is 0.0594 e. The van der Waals surface area contributed by atoms with Gasteiger partial charge in [-0.15, -0.1) is 0 Å². The summed E-state index contributed by atoms with van der Waals surface area (Å²) in [6.07, 6.45) is 24.5. The van der Waals surface area contributed by atoms with E-state index < -0.39 is 13.2 Å². The lowest BCUT2D eigenvalue weighted by Gasteiger charge is -2.28. The normalized spacial score (nSPS) is 12.3. The average Bonchev–Trinajstić information content (AvgIpc) is 2.72. The van der Waals surface area contributed by atoms with Crippen LogP contribution < -0.4 is 5.11 Å². The highest BCUT2D eigenvalue weighted by Crippen LogP contribution is 2.61. The minimum atomic E-state index is -0.893. The largest absolute Gasteiger partial charge is 0.550 e. The van der Waals surface area contributed by atoms with Crippen molar-refractivity contribution in [2.45, 2.75) is 131 Å². The standard InChI is InChI=1S/C18H40P.C8H16O2/c1-5-9-13-14-18-19(15-10-6-2,16-11-7-3)17-12-8-4;1-3-5-6-7(4-2)8(9)10/h5-18H2,1-4H3;7H,3-6H2,1-2H3,(H,9,10)/q+1;/p-1. The number of hydrogen-bond donors (Lipinski definition) is 0. The van der Waals surface area contributed by atoms with Crippen LogP contribution in [0.15, 0.2) is 0 Å². The molecule has 0 heterocycles. The average molecular weight is 431 g/mol. The van der Waals surface area contributed by atoms with Crippen molar-refractivity contribution in [2.75, 3.05) is 24.6 Å². The lowest BCUT2D eigenvalue weighted by molar-refractivity contribution is -0.311. The Morgan fingerprint density at radius 1 is 0.621 bits per heavy atom. The molecule has 0 N–H and O–H groups in total. The minimum absolute atomic E-state index is 0.222. The molecule has 0 amide bonds. The molecule has 2 nitrogen and oxygen atoms in total. The van der Waals surface area contributed by atoms with Gasteiger partial charge in [0.25, 0.3) is 0 Å². The summed E-state index contributed by atoms with van der Waals surface area (Å²) in [6, 6.07) is 0. The molecule has 29 heavy (non-hydrogen) atoms. The molecule has 0 rings (SSSR count). The lowest BCUT2D eigenvalue weighted by Crippen LogP contribution is -2.30. The van der Waals surface area contributed by atoms with Gasteiger partial charge in [-0.3, -0.25) is 0 Å². The number of rotatable bonds is 19. The molecule has 1 unspecified atom stereocenters. The van der Waals surface area contributed by atoms with Crippen LogP contribution in [-0.2, 0) is 4.79 Å². The van der Waals surface area contributed by atoms with Gasteiger partial charge in [-0.2, -0.15) is 0 Å². The molecule has 0 aromatic rings. The first kappa shape index (κ1) is 31.1. The minimum Gasteiger partial charge on any atom is -0.550 e. The number of carboxylic acid groups (broad SMARTS) is 1. The Kier molecular flexibility index (Phi) is 24.2. The Bertz CT molecular complexity index is 322. The molecule has 0 aliphatic rings. The first-order valence-electron chi connectivity index (χ1n) is 13.0. The summed E-state index contributed by atoms with van der Waals surface area (Å²) in [7, 11) is -0.586. The molecule has 3 heteroatoms. The second-order valence-corrected chi connectivity index (χ2v) is 13.4. The Balaban J connectivity index is 0. The summed E-state index contributed by atoms with van der Waals surface area (Å²) in [5, 5.41) is 10.3. The monoisotopic (exact) mass is 430 g/mol. The van der Waals surface area contributed by atoms with Crippen molar-refractivity contribution in [3.8, 4) is 0 Å². The summed E-state index contributed by atoms with van der Waals surface area (Å²) < 4.78 is 0. The molecule has 0 aliphatic carbocycles. The van der Waals surface area contributed by atoms with E-state index in [4.69, 9.17) is 0 Å². The van der Waals surface area contributed by atoms with Gasteiger partial charge in [-0.05, 0) is 50.9 Å². The first-order valence-corrected chi connectivity index (χ1v) is 15.6. The Labute approximate surface area is 185 Å². The van der Waals surface area contributed by atoms with Crippen molar-refractivity contribution in [3.05, 3.63) is 0 Å². The van der Waals surface area contributed by atoms with Crippen LogP contribution in [0, 0.1) is 5.92 Å². The van der Waals surface area contributed by atoms with Crippen molar-refractivity contribution < 1.29 is 9.90 Å². The fourth-order valence-electron chi connectivity index (χ4n) is 3.96. The van der Waals surface area contributed by atoms with E-state index in [-0.39, 0.29) is 5.92 Å². The predicted octanol–water partition coefficient (Wildman–Crippen LogP) is 7.94. The van der Waals surface area contributed by atoms with Gasteiger partial charge in [0.05, 0.1) is 24.6 Å². The van der Waals surface area contributed by atoms with E-state index >= 15 is 0 Å². The maximum absolute atomic E-state index is 10.3. The van der Waals surface area contributed by atoms with Crippen molar-refractivity contribution >= 4 is 13.2 Å². The molecular weight excluding hydrogens is 375 g/mol. The highest BCUT2D eigenvalue weighted by molar-refractivity contribution is 7.75. The highest BCUT2D eigenvalue weighted by atomic mass is 31.2. The maximum atomic E-state index is 10.3. The maximum Gasteiger partial charge on any atom is 0.0594 e. The number of hydrogen-bond acceptors (Lipinski definition) is 2. The fourth-order valence-corrected chi connectivity index (χ4v) is 9.16. The van der Waals surface area contributed by atoms with E-state index in [1.807, 2.05) is 6.92 Å². The molecule has 0 saturated heterocycles. The first-order chi connectivity index (χ1) is 14.0. The summed E-state index contributed by atoms with van der Waals surface area (Å²) in [5.41, 5.74) is 0. The fraction of sp³-hybridized carbons (Fsp3) is 0.962. The number of unbranched alkanes of at least 4 members (excludes halogenated alkanes) is 7. The van der Waals surface area contributed by atoms with E-state index in [9.17, 15) is 9.90 Å². The van der Waals surface area contributed by atoms with E-state index in [1.54, 1.807) is 24.6 Å². The van der Waals surface area contributed by atoms with Crippen LogP contribution in [-0.4, -0.2) is 30.6 Å². The summed E-state index contributed by atoms with van der Waals surface area (Å²) >= 11 is 0. The topological polar surface area (TPSA) is 40.1 Å². The molecule has 0 aliphatic heterocycles. The predicted molar refractivity (Wildman–Crippen MR) is 134 cm³/mol. The summed E-state index contributed by atoms with van der Waals surface area (Å²) in [6.45, 7) is 13.4. The SMILES string of the molecule is CCCCC(CC)C(=O)[O-].CCCCCC[P+](CCCC)(CCCC)CCCC. The molecule has 0 saturated carbocycles. The second-order valence-electron chi connectivity index (χ2n) is 8.92. The van der Waals surface area contributed by atoms with Gasteiger partial charge in [-0.1, -0.05) is 86.5 Å². The van der Waals surface area contributed by atoms with Gasteiger partial charge in [-0.25, -0.2) is 0 Å². The number of aliphatic carboxylic acids is 1. The van der Waals surface area contributed by atoms with Crippen LogP contribution in [0.1, 0.15) is 131 Å². The molecule has 0 aromatic carbocycles. The van der Waals surface area contributed by atoms with Gasteiger partial charge in [0, 0.05) is 13.2 Å². The van der Waals surface area contributed by atoms with E-state index in [2.05, 4.69) is 34.6 Å². The molecular formula is C26H55O2P. The third-order valence-electron chi connectivity index (χ3n) is 6.18. The van der Waals surface area contributed by atoms with E-state index in [0.29, 0.717) is 6.42 Å². The van der Waals surface area contributed by atoms with Gasteiger partial charge >= 0.3 is 0 Å². The van der Waals surface area contributed by atoms with Crippen LogP contribution in [0.2, 0.25) is 0 Å². The van der Waals surface area contributed by atoms with Crippen LogP contribution in [0.25, 0.3) is 0 Å². The summed E-state index contributed by atoms with van der Waals surface area (Å²) in [5.74, 6) is -1.11. The second kappa shape index (κ2) is 22.6. The number of carbonyl (C=O) groups is 1. The van der Waals surface area contributed by atoms with Gasteiger partial charge in [0.1, 0.15) is 0 Å². The van der Waals surface area contributed by atoms with Crippen molar-refractivity contribution in [2.24, 2.45) is 5.92 Å². The third kappa shape index (κ3) is 18.4. The molecule has 0 radical (unpaired) electrons. The summed E-state index contributed by atoms with van der Waals surface area (Å²) in [4.78, 5) is 10.3. The van der Waals surface area contributed by atoms with Crippen LogP contribution in [0.5, 0.6) is 0 Å². The van der Waals surface area contributed by atoms with Gasteiger partial charge in [0.15, 0.2) is 0 Å². The van der Waals surface area contributed by atoms with Crippen LogP contribution in [0.4, 0.5) is 0 Å². The van der Waals surface area contributed by atoms with E-state index in [1.165, 1.54) is 64.2 Å². The van der Waals surface area contributed by atoms with E-state index in [0.717, 1.165) is 19.3 Å². The Morgan fingerprint density at radius 3 is 1.38 bits per heavy atom. The third-order valence-corrected chi connectivity index (χ3v) is 11.2. The zero-order valence-electron chi connectivity index (χ0n) is 21.1. The zero-order chi connectivity index (χ0) is 22.4. The molecule has 0 fully saturated rings. The van der Waals surface area contributed by atoms with Crippen LogP contribution in [0.3, 0.4) is 0 Å². The lowest BCUT2D eigenvalue weighted by atomic mass is 10.00. The zero-order valence-corrected chi connectivity index (χ0v) is 22.0. The van der Waals surface area contributed by atoms with Gasteiger partial charge in [0.2, 0.25) is 0 Å². The van der Waals surface area contributed by atoms with Crippen LogP contribution >= 0.6 is 7.26 Å².